The Balaban J connectivity index is 0.00000176. The lowest BCUT2D eigenvalue weighted by Gasteiger charge is -2.29. The van der Waals surface area contributed by atoms with Crippen LogP contribution in [0.25, 0.3) is 0 Å². The van der Waals surface area contributed by atoms with Crippen LogP contribution in [0.5, 0.6) is 0 Å². The van der Waals surface area contributed by atoms with Crippen molar-refractivity contribution in [3.8, 4) is 0 Å². The van der Waals surface area contributed by atoms with Crippen LogP contribution in [-0.2, 0) is 11.3 Å². The van der Waals surface area contributed by atoms with Gasteiger partial charge in [0.05, 0.1) is 13.2 Å². The van der Waals surface area contributed by atoms with Gasteiger partial charge in [0.25, 0.3) is 0 Å². The van der Waals surface area contributed by atoms with Gasteiger partial charge in [0, 0.05) is 19.6 Å². The summed E-state index contributed by atoms with van der Waals surface area (Å²) in [7, 11) is 0. The lowest BCUT2D eigenvalue weighted by molar-refractivity contribution is 0.0866. The monoisotopic (exact) mass is 324 g/mol. The van der Waals surface area contributed by atoms with Gasteiger partial charge in [-0.25, -0.2) is 0 Å². The molecule has 0 radical (unpaired) electrons. The molecule has 3 nitrogen and oxygen atoms in total. The molecule has 2 unspecified atom stereocenters. The fourth-order valence-corrected chi connectivity index (χ4v) is 3.65. The predicted molar refractivity (Wildman–Crippen MR) is 93.5 cm³/mol. The van der Waals surface area contributed by atoms with Crippen LogP contribution in [0.4, 0.5) is 0 Å². The molecular weight excluding hydrogens is 296 g/mol. The van der Waals surface area contributed by atoms with Crippen LogP contribution in [0.1, 0.15) is 25.3 Å². The van der Waals surface area contributed by atoms with E-state index < -0.39 is 0 Å². The molecule has 0 spiro atoms. The largest absolute Gasteiger partial charge is 0.376 e. The van der Waals surface area contributed by atoms with Crippen LogP contribution in [0, 0.1) is 11.3 Å². The van der Waals surface area contributed by atoms with Crippen molar-refractivity contribution in [3.05, 3.63) is 35.9 Å². The Morgan fingerprint density at radius 2 is 2.14 bits per heavy atom. The number of benzene rings is 1. The molecule has 1 aromatic carbocycles. The van der Waals surface area contributed by atoms with Crippen LogP contribution in [-0.4, -0.2) is 44.2 Å². The molecule has 0 bridgehead atoms. The average molecular weight is 325 g/mol. The Labute approximate surface area is 140 Å². The van der Waals surface area contributed by atoms with E-state index in [1.54, 1.807) is 0 Å². The van der Waals surface area contributed by atoms with Gasteiger partial charge < -0.3 is 15.0 Å². The van der Waals surface area contributed by atoms with Gasteiger partial charge in [0.2, 0.25) is 0 Å². The van der Waals surface area contributed by atoms with Crippen molar-refractivity contribution in [3.63, 3.8) is 0 Å². The Hall–Kier alpha value is -0.610. The first-order valence-electron chi connectivity index (χ1n) is 8.28. The smallest absolute Gasteiger partial charge is 0.0717 e. The third kappa shape index (κ3) is 4.95. The Morgan fingerprint density at radius 1 is 1.32 bits per heavy atom. The summed E-state index contributed by atoms with van der Waals surface area (Å²) in [5, 5.41) is 3.50. The van der Waals surface area contributed by atoms with Crippen LogP contribution >= 0.6 is 12.4 Å². The van der Waals surface area contributed by atoms with Crippen LogP contribution in [0.2, 0.25) is 0 Å². The number of likely N-dealkylation sites (tertiary alicyclic amines) is 1. The molecule has 0 aromatic heterocycles. The Kier molecular flexibility index (Phi) is 6.69. The SMILES string of the molecule is CC1(CN2CCC(COCc3ccccc3)C2)CCNC1.Cl. The van der Waals surface area contributed by atoms with E-state index in [0.717, 1.165) is 13.2 Å². The van der Waals surface area contributed by atoms with E-state index in [1.807, 2.05) is 0 Å². The van der Waals surface area contributed by atoms with E-state index in [4.69, 9.17) is 4.74 Å². The molecule has 0 amide bonds. The number of hydrogen-bond acceptors (Lipinski definition) is 3. The molecule has 2 aliphatic rings. The minimum Gasteiger partial charge on any atom is -0.376 e. The van der Waals surface area contributed by atoms with Gasteiger partial charge >= 0.3 is 0 Å². The van der Waals surface area contributed by atoms with Crippen molar-refractivity contribution >= 4 is 12.4 Å². The molecule has 124 valence electrons. The van der Waals surface area contributed by atoms with Gasteiger partial charge in [0.15, 0.2) is 0 Å². The van der Waals surface area contributed by atoms with Gasteiger partial charge in [-0.05, 0) is 42.8 Å². The summed E-state index contributed by atoms with van der Waals surface area (Å²) in [6.45, 7) is 10.1. The highest BCUT2D eigenvalue weighted by Crippen LogP contribution is 2.28. The molecule has 4 heteroatoms. The average Bonchev–Trinajstić information content (AvgIpc) is 3.10. The third-order valence-corrected chi connectivity index (χ3v) is 4.90. The number of ether oxygens (including phenoxy) is 1. The molecule has 2 saturated heterocycles. The van der Waals surface area contributed by atoms with Crippen molar-refractivity contribution in [2.45, 2.75) is 26.4 Å². The van der Waals surface area contributed by atoms with Gasteiger partial charge in [-0.1, -0.05) is 37.3 Å². The summed E-state index contributed by atoms with van der Waals surface area (Å²) in [5.41, 5.74) is 1.76. The molecule has 0 saturated carbocycles. The maximum atomic E-state index is 5.91. The van der Waals surface area contributed by atoms with Gasteiger partial charge in [-0.2, -0.15) is 0 Å². The van der Waals surface area contributed by atoms with Crippen molar-refractivity contribution in [1.82, 2.24) is 10.2 Å². The van der Waals surface area contributed by atoms with Gasteiger partial charge in [0.1, 0.15) is 0 Å². The van der Waals surface area contributed by atoms with Crippen LogP contribution in [0.15, 0.2) is 30.3 Å². The van der Waals surface area contributed by atoms with Crippen molar-refractivity contribution in [1.29, 1.82) is 0 Å². The third-order valence-electron chi connectivity index (χ3n) is 4.90. The molecule has 0 aliphatic carbocycles. The molecule has 2 fully saturated rings. The molecule has 1 N–H and O–H groups in total. The molecule has 3 rings (SSSR count). The van der Waals surface area contributed by atoms with Gasteiger partial charge in [-0.3, -0.25) is 0 Å². The second-order valence-corrected chi connectivity index (χ2v) is 7.13. The van der Waals surface area contributed by atoms with Crippen LogP contribution in [0.3, 0.4) is 0 Å². The zero-order valence-electron chi connectivity index (χ0n) is 13.6. The fraction of sp³-hybridized carbons (Fsp3) is 0.667. The first kappa shape index (κ1) is 17.7. The molecule has 22 heavy (non-hydrogen) atoms. The predicted octanol–water partition coefficient (Wildman–Crippen LogP) is 2.95. The van der Waals surface area contributed by atoms with Crippen molar-refractivity contribution in [2.24, 2.45) is 11.3 Å². The normalized spacial score (nSPS) is 28.7. The highest BCUT2D eigenvalue weighted by atomic mass is 35.5. The summed E-state index contributed by atoms with van der Waals surface area (Å²) in [6, 6.07) is 10.5. The van der Waals surface area contributed by atoms with Crippen molar-refractivity contribution < 1.29 is 4.74 Å². The van der Waals surface area contributed by atoms with Gasteiger partial charge in [-0.15, -0.1) is 12.4 Å². The standard InChI is InChI=1S/C18H28N2O.ClH/c1-18(8-9-19-14-18)15-20-10-7-17(11-20)13-21-12-16-5-3-2-4-6-16;/h2-6,17,19H,7-15H2,1H3;1H. The highest BCUT2D eigenvalue weighted by Gasteiger charge is 2.33. The lowest BCUT2D eigenvalue weighted by Crippen LogP contribution is -2.36. The number of halogens is 1. The number of nitrogens with one attached hydrogen (secondary N) is 1. The van der Waals surface area contributed by atoms with E-state index in [2.05, 4.69) is 47.5 Å². The maximum Gasteiger partial charge on any atom is 0.0717 e. The second-order valence-electron chi connectivity index (χ2n) is 7.13. The lowest BCUT2D eigenvalue weighted by atomic mass is 9.89. The molecule has 2 aliphatic heterocycles. The Morgan fingerprint density at radius 3 is 2.86 bits per heavy atom. The van der Waals surface area contributed by atoms with E-state index in [9.17, 15) is 0 Å². The minimum absolute atomic E-state index is 0. The first-order chi connectivity index (χ1) is 10.2. The summed E-state index contributed by atoms with van der Waals surface area (Å²) >= 11 is 0. The number of rotatable bonds is 6. The Bertz CT molecular complexity index is 434. The molecule has 2 heterocycles. The molecule has 2 atom stereocenters. The summed E-state index contributed by atoms with van der Waals surface area (Å²) in [5.74, 6) is 0.715. The number of nitrogens with zero attached hydrogens (tertiary/aromatic N) is 1. The molecular formula is C18H29ClN2O. The topological polar surface area (TPSA) is 24.5 Å². The maximum absolute atomic E-state index is 5.91. The minimum atomic E-state index is 0. The van der Waals surface area contributed by atoms with E-state index in [1.165, 1.54) is 51.1 Å². The second kappa shape index (κ2) is 8.30. The zero-order valence-corrected chi connectivity index (χ0v) is 14.4. The quantitative estimate of drug-likeness (QED) is 0.870. The zero-order chi connectivity index (χ0) is 14.5. The van der Waals surface area contributed by atoms with Crippen LogP contribution < -0.4 is 5.32 Å². The van der Waals surface area contributed by atoms with E-state index in [0.29, 0.717) is 11.3 Å². The fourth-order valence-electron chi connectivity index (χ4n) is 3.65. The number of hydrogen-bond donors (Lipinski definition) is 1. The summed E-state index contributed by atoms with van der Waals surface area (Å²) in [4.78, 5) is 2.64. The van der Waals surface area contributed by atoms with Crippen molar-refractivity contribution in [2.75, 3.05) is 39.3 Å². The highest BCUT2D eigenvalue weighted by molar-refractivity contribution is 5.85. The van der Waals surface area contributed by atoms with E-state index >= 15 is 0 Å². The molecule has 1 aromatic rings. The first-order valence-corrected chi connectivity index (χ1v) is 8.28. The summed E-state index contributed by atoms with van der Waals surface area (Å²) in [6.07, 6.45) is 2.61. The van der Waals surface area contributed by atoms with E-state index in [-0.39, 0.29) is 12.4 Å². The summed E-state index contributed by atoms with van der Waals surface area (Å²) < 4.78 is 5.91.